The smallest absolute Gasteiger partial charge is 0.266 e. The van der Waals surface area contributed by atoms with Crippen molar-refractivity contribution in [1.29, 1.82) is 0 Å². The van der Waals surface area contributed by atoms with Crippen LogP contribution < -0.4 is 10.7 Å². The number of hydrogen-bond acceptors (Lipinski definition) is 6. The molecule has 0 atom stereocenters. The SMILES string of the molecule is O=S(=O)(O)CCNC1=CC(Cl)=NN(Cl)N1. The number of hydrogen-bond donors (Lipinski definition) is 3. The molecule has 1 rings (SSSR count). The Hall–Kier alpha value is -0.700. The molecule has 0 unspecified atom stereocenters. The number of rotatable bonds is 4. The molecule has 0 aromatic carbocycles. The quantitative estimate of drug-likeness (QED) is 0.487. The first-order chi connectivity index (χ1) is 6.87. The summed E-state index contributed by atoms with van der Waals surface area (Å²) in [6.07, 6.45) is 1.42. The zero-order valence-corrected chi connectivity index (χ0v) is 9.64. The van der Waals surface area contributed by atoms with E-state index >= 15 is 0 Å². The lowest BCUT2D eigenvalue weighted by Crippen LogP contribution is -2.37. The Morgan fingerprint density at radius 2 is 2.33 bits per heavy atom. The van der Waals surface area contributed by atoms with Crippen molar-refractivity contribution in [2.24, 2.45) is 5.10 Å². The van der Waals surface area contributed by atoms with Gasteiger partial charge in [0.05, 0.1) is 17.5 Å². The van der Waals surface area contributed by atoms with Crippen molar-refractivity contribution < 1.29 is 13.0 Å². The van der Waals surface area contributed by atoms with Gasteiger partial charge in [-0.15, -0.1) is 9.74 Å². The number of hydrazone groups is 1. The molecule has 1 aliphatic heterocycles. The number of hydrazine groups is 1. The highest BCUT2D eigenvalue weighted by Crippen LogP contribution is 2.04. The van der Waals surface area contributed by atoms with E-state index in [1.807, 2.05) is 0 Å². The summed E-state index contributed by atoms with van der Waals surface area (Å²) in [6.45, 7) is 0.0204. The molecule has 0 spiro atoms. The van der Waals surface area contributed by atoms with Crippen LogP contribution in [0.1, 0.15) is 0 Å². The van der Waals surface area contributed by atoms with Gasteiger partial charge in [0, 0.05) is 12.6 Å². The molecule has 10 heteroatoms. The third kappa shape index (κ3) is 5.07. The number of allylic oxidation sites excluding steroid dienone is 1. The highest BCUT2D eigenvalue weighted by molar-refractivity contribution is 7.85. The molecule has 0 aliphatic carbocycles. The van der Waals surface area contributed by atoms with Gasteiger partial charge in [0.1, 0.15) is 5.82 Å². The summed E-state index contributed by atoms with van der Waals surface area (Å²) in [5.74, 6) is -0.0306. The maximum Gasteiger partial charge on any atom is 0.266 e. The van der Waals surface area contributed by atoms with Crippen molar-refractivity contribution in [1.82, 2.24) is 15.4 Å². The maximum atomic E-state index is 10.4. The van der Waals surface area contributed by atoms with Crippen LogP contribution in [0, 0.1) is 0 Å². The van der Waals surface area contributed by atoms with E-state index in [0.29, 0.717) is 5.82 Å². The second-order valence-corrected chi connectivity index (χ2v) is 4.85. The summed E-state index contributed by atoms with van der Waals surface area (Å²) in [5.41, 5.74) is 2.53. The zero-order chi connectivity index (χ0) is 11.5. The Morgan fingerprint density at radius 1 is 1.67 bits per heavy atom. The second kappa shape index (κ2) is 4.88. The average molecular weight is 275 g/mol. The van der Waals surface area contributed by atoms with Crippen LogP contribution >= 0.6 is 23.4 Å². The molecule has 0 aromatic rings. The second-order valence-electron chi connectivity index (χ2n) is 2.57. The zero-order valence-electron chi connectivity index (χ0n) is 7.31. The summed E-state index contributed by atoms with van der Waals surface area (Å²) in [4.78, 5) is 0. The Bertz CT molecular complexity index is 393. The number of nitrogens with one attached hydrogen (secondary N) is 2. The van der Waals surface area contributed by atoms with Gasteiger partial charge >= 0.3 is 0 Å². The minimum Gasteiger partial charge on any atom is -0.369 e. The fraction of sp³-hybridized carbons (Fsp3) is 0.400. The summed E-state index contributed by atoms with van der Waals surface area (Å²) >= 11 is 11.1. The van der Waals surface area contributed by atoms with Crippen molar-refractivity contribution in [3.05, 3.63) is 11.9 Å². The van der Waals surface area contributed by atoms with Crippen LogP contribution in [0.25, 0.3) is 0 Å². The third-order valence-corrected chi connectivity index (χ3v) is 2.40. The van der Waals surface area contributed by atoms with Gasteiger partial charge in [-0.05, 0) is 0 Å². The van der Waals surface area contributed by atoms with Gasteiger partial charge in [-0.1, -0.05) is 11.6 Å². The molecule has 0 bridgehead atoms. The number of nitrogens with zero attached hydrogens (tertiary/aromatic N) is 2. The predicted octanol–water partition coefficient (Wildman–Crippen LogP) is -0.169. The Balaban J connectivity index is 2.43. The van der Waals surface area contributed by atoms with Crippen LogP contribution in [0.3, 0.4) is 0 Å². The summed E-state index contributed by atoms with van der Waals surface area (Å²) in [5, 5.41) is 6.37. The van der Waals surface area contributed by atoms with Gasteiger partial charge in [0.25, 0.3) is 10.1 Å². The largest absolute Gasteiger partial charge is 0.369 e. The predicted molar refractivity (Wildman–Crippen MR) is 56.6 cm³/mol. The molecule has 0 amide bonds. The monoisotopic (exact) mass is 274 g/mol. The molecule has 0 fully saturated rings. The molecule has 3 N–H and O–H groups in total. The van der Waals surface area contributed by atoms with E-state index in [1.54, 1.807) is 0 Å². The molecule has 86 valence electrons. The van der Waals surface area contributed by atoms with Gasteiger partial charge in [0.15, 0.2) is 5.17 Å². The number of halogens is 2. The Kier molecular flexibility index (Phi) is 4.03. The Morgan fingerprint density at radius 3 is 2.87 bits per heavy atom. The lowest BCUT2D eigenvalue weighted by atomic mass is 10.5. The van der Waals surface area contributed by atoms with Gasteiger partial charge < -0.3 is 5.32 Å². The highest BCUT2D eigenvalue weighted by atomic mass is 35.5. The van der Waals surface area contributed by atoms with Crippen molar-refractivity contribution in [3.63, 3.8) is 0 Å². The molecule has 1 heterocycles. The molecule has 0 aromatic heterocycles. The normalized spacial score (nSPS) is 16.6. The topological polar surface area (TPSA) is 94.0 Å². The van der Waals surface area contributed by atoms with E-state index in [-0.39, 0.29) is 11.7 Å². The molecule has 1 aliphatic rings. The summed E-state index contributed by atoms with van der Waals surface area (Å²) in [6, 6.07) is 0. The van der Waals surface area contributed by atoms with Crippen molar-refractivity contribution >= 4 is 38.7 Å². The fourth-order valence-electron chi connectivity index (χ4n) is 0.794. The van der Waals surface area contributed by atoms with Crippen molar-refractivity contribution in [2.45, 2.75) is 0 Å². The van der Waals surface area contributed by atoms with E-state index in [9.17, 15) is 8.42 Å². The van der Waals surface area contributed by atoms with Crippen molar-refractivity contribution in [2.75, 3.05) is 12.3 Å². The lowest BCUT2D eigenvalue weighted by Gasteiger charge is -2.20. The van der Waals surface area contributed by atoms with E-state index < -0.39 is 15.9 Å². The summed E-state index contributed by atoms with van der Waals surface area (Å²) < 4.78 is 30.1. The first-order valence-electron chi connectivity index (χ1n) is 3.74. The van der Waals surface area contributed by atoms with Crippen LogP contribution in [-0.4, -0.2) is 35.1 Å². The van der Waals surface area contributed by atoms with Crippen molar-refractivity contribution in [3.8, 4) is 0 Å². The van der Waals surface area contributed by atoms with Gasteiger partial charge in [0.2, 0.25) is 0 Å². The van der Waals surface area contributed by atoms with E-state index in [2.05, 4.69) is 15.8 Å². The summed E-state index contributed by atoms with van der Waals surface area (Å²) in [7, 11) is -3.98. The van der Waals surface area contributed by atoms with Crippen LogP contribution in [-0.2, 0) is 10.1 Å². The minimum absolute atomic E-state index is 0.0204. The first kappa shape index (κ1) is 12.4. The minimum atomic E-state index is -3.98. The third-order valence-electron chi connectivity index (χ3n) is 1.33. The highest BCUT2D eigenvalue weighted by Gasteiger charge is 2.10. The molecule has 0 saturated carbocycles. The fourth-order valence-corrected chi connectivity index (χ4v) is 1.55. The van der Waals surface area contributed by atoms with Gasteiger partial charge in [-0.2, -0.15) is 8.42 Å². The van der Waals surface area contributed by atoms with Crippen LogP contribution in [0.4, 0.5) is 0 Å². The van der Waals surface area contributed by atoms with E-state index in [0.717, 1.165) is 4.64 Å². The van der Waals surface area contributed by atoms with Crippen LogP contribution in [0.2, 0.25) is 0 Å². The Labute approximate surface area is 96.5 Å². The first-order valence-corrected chi connectivity index (χ1v) is 6.07. The van der Waals surface area contributed by atoms with E-state index in [4.69, 9.17) is 27.9 Å². The average Bonchev–Trinajstić information content (AvgIpc) is 1.99. The van der Waals surface area contributed by atoms with Gasteiger partial charge in [-0.25, -0.2) is 0 Å². The standard InChI is InChI=1S/C5H8Cl2N4O3S/c6-4-3-5(10-11(7)9-4)8-1-2-15(12,13)14/h3,8,10H,1-2H2,(H,12,13,14). The molecule has 7 nitrogen and oxygen atoms in total. The van der Waals surface area contributed by atoms with Crippen LogP contribution in [0.5, 0.6) is 0 Å². The molecular formula is C5H8Cl2N4O3S. The molecule has 15 heavy (non-hydrogen) atoms. The molecule has 0 radical (unpaired) electrons. The molecular weight excluding hydrogens is 267 g/mol. The van der Waals surface area contributed by atoms with Gasteiger partial charge in [-0.3, -0.25) is 9.98 Å². The van der Waals surface area contributed by atoms with Crippen LogP contribution in [0.15, 0.2) is 17.0 Å². The maximum absolute atomic E-state index is 10.4. The molecule has 0 saturated heterocycles. The lowest BCUT2D eigenvalue weighted by molar-refractivity contribution is 0.377. The van der Waals surface area contributed by atoms with E-state index in [1.165, 1.54) is 6.08 Å².